The molecule has 4 saturated heterocycles. The Morgan fingerprint density at radius 1 is 0.462 bits per heavy atom. The number of likely N-dealkylation sites (N-methyl/N-ethyl adjacent to an activating group) is 2. The van der Waals surface area contributed by atoms with Gasteiger partial charge in [-0.25, -0.2) is 0 Å². The Bertz CT molecular complexity index is 2020. The van der Waals surface area contributed by atoms with Crippen LogP contribution in [0, 0.1) is 0 Å². The van der Waals surface area contributed by atoms with Gasteiger partial charge in [-0.1, -0.05) is 31.4 Å². The molecule has 3 aromatic carbocycles. The second-order valence-corrected chi connectivity index (χ2v) is 23.5. The molecule has 0 bridgehead atoms. The monoisotopic (exact) mass is 1070 g/mol. The number of Topliss-reactive ketones (excluding diaryl/α,β-unsaturated/α-hetero) is 1. The van der Waals surface area contributed by atoms with Crippen LogP contribution < -0.4 is 14.2 Å². The highest BCUT2D eigenvalue weighted by Gasteiger charge is 2.22. The molecule has 0 aromatic heterocycles. The number of carbonyl (C=O) groups excluding carboxylic acids is 1. The Hall–Kier alpha value is -4.17. The second kappa shape index (κ2) is 35.5. The predicted molar refractivity (Wildman–Crippen MR) is 323 cm³/mol. The molecule has 10 rings (SSSR count). The van der Waals surface area contributed by atoms with Crippen molar-refractivity contribution in [3.63, 3.8) is 0 Å². The van der Waals surface area contributed by atoms with E-state index >= 15 is 0 Å². The van der Waals surface area contributed by atoms with Crippen molar-refractivity contribution < 1.29 is 23.7 Å². The predicted octanol–water partition coefficient (Wildman–Crippen LogP) is 11.9. The van der Waals surface area contributed by atoms with E-state index in [9.17, 15) is 4.79 Å². The maximum absolute atomic E-state index is 11.3. The normalized spacial score (nSPS) is 21.7. The highest BCUT2D eigenvalue weighted by atomic mass is 16.5. The van der Waals surface area contributed by atoms with Crippen LogP contribution in [-0.4, -0.2) is 187 Å². The lowest BCUT2D eigenvalue weighted by Crippen LogP contribution is -2.34. The number of ketones is 1. The number of nitrogens with zero attached hydrogens (tertiary/aromatic N) is 7. The van der Waals surface area contributed by atoms with Gasteiger partial charge in [-0.15, -0.1) is 0 Å². The first-order chi connectivity index (χ1) is 38.3. The van der Waals surface area contributed by atoms with E-state index in [1.807, 2.05) is 0 Å². The average molecular weight is 1070 g/mol. The molecule has 12 nitrogen and oxygen atoms in total. The number of likely N-dealkylation sites (tertiary alicyclic amines) is 3. The van der Waals surface area contributed by atoms with Crippen LogP contribution in [0.1, 0.15) is 164 Å². The summed E-state index contributed by atoms with van der Waals surface area (Å²) in [6, 6.07) is 26.7. The molecule has 0 radical (unpaired) electrons. The van der Waals surface area contributed by atoms with Crippen molar-refractivity contribution in [3.05, 3.63) is 89.5 Å². The summed E-state index contributed by atoms with van der Waals surface area (Å²) in [5.41, 5.74) is 6.35. The van der Waals surface area contributed by atoms with Crippen molar-refractivity contribution in [3.8, 4) is 17.2 Å². The Morgan fingerprint density at radius 3 is 1.13 bits per heavy atom. The smallest absolute Gasteiger partial charge is 0.132 e. The van der Waals surface area contributed by atoms with Crippen LogP contribution in [0.15, 0.2) is 82.8 Å². The minimum atomic E-state index is 0.426. The van der Waals surface area contributed by atoms with Gasteiger partial charge in [0, 0.05) is 69.2 Å². The van der Waals surface area contributed by atoms with Crippen LogP contribution in [-0.2, 0) is 9.53 Å². The average Bonchev–Trinajstić information content (AvgIpc) is 4.10. The zero-order valence-electron chi connectivity index (χ0n) is 49.2. The van der Waals surface area contributed by atoms with Crippen molar-refractivity contribution in [2.24, 2.45) is 9.98 Å². The third-order valence-electron chi connectivity index (χ3n) is 17.0. The fourth-order valence-corrected chi connectivity index (χ4v) is 11.8. The molecule has 2 atom stereocenters. The molecular formula is C66H103N7O5. The zero-order chi connectivity index (χ0) is 54.4. The van der Waals surface area contributed by atoms with Crippen molar-refractivity contribution in [2.45, 2.75) is 159 Å². The number of hydrogen-bond donors (Lipinski definition) is 0. The molecule has 6 heterocycles. The summed E-state index contributed by atoms with van der Waals surface area (Å²) in [5, 5.41) is 0. The van der Waals surface area contributed by atoms with Crippen LogP contribution in [0.25, 0.3) is 0 Å². The van der Waals surface area contributed by atoms with E-state index in [4.69, 9.17) is 28.9 Å². The van der Waals surface area contributed by atoms with Crippen molar-refractivity contribution >= 4 is 17.2 Å². The van der Waals surface area contributed by atoms with Crippen molar-refractivity contribution in [2.75, 3.05) is 133 Å². The lowest BCUT2D eigenvalue weighted by molar-refractivity contribution is -0.120. The number of piperidine rings is 3. The SMILES string of the molecule is C1CCOC1.CN(C)[C@@H]1CCC(c2ccc(OCCCN3CCCCC3)cc2)=NC1.CN(C)[C@H]1CCC(c2ccc(OCCCN3CCCCC3)cc2)=NC1.O=C1CCC(c2ccc(OCCCN3CCCCC3)cc2)CC1. The Labute approximate surface area is 472 Å². The van der Waals surface area contributed by atoms with Gasteiger partial charge in [0.1, 0.15) is 23.0 Å². The third-order valence-corrected chi connectivity index (χ3v) is 17.0. The molecule has 12 heteroatoms. The maximum atomic E-state index is 11.3. The third kappa shape index (κ3) is 22.8. The number of benzene rings is 3. The molecule has 1 saturated carbocycles. The molecule has 78 heavy (non-hydrogen) atoms. The summed E-state index contributed by atoms with van der Waals surface area (Å²) in [6.45, 7) is 17.3. The van der Waals surface area contributed by atoms with Gasteiger partial charge in [0.05, 0.1) is 32.9 Å². The topological polar surface area (TPSA) is 94.9 Å². The molecule has 0 amide bonds. The highest BCUT2D eigenvalue weighted by molar-refractivity contribution is 6.01. The van der Waals surface area contributed by atoms with E-state index in [0.29, 0.717) is 23.8 Å². The summed E-state index contributed by atoms with van der Waals surface area (Å²) < 4.78 is 22.6. The number of rotatable bonds is 20. The van der Waals surface area contributed by atoms with Crippen LogP contribution >= 0.6 is 0 Å². The minimum Gasteiger partial charge on any atom is -0.494 e. The van der Waals surface area contributed by atoms with Gasteiger partial charge in [-0.3, -0.25) is 14.8 Å². The molecule has 0 unspecified atom stereocenters. The molecule has 3 aromatic rings. The fourth-order valence-electron chi connectivity index (χ4n) is 11.8. The maximum Gasteiger partial charge on any atom is 0.132 e. The summed E-state index contributed by atoms with van der Waals surface area (Å²) in [7, 11) is 8.57. The first-order valence-corrected chi connectivity index (χ1v) is 31.1. The molecule has 5 fully saturated rings. The van der Waals surface area contributed by atoms with Gasteiger partial charge >= 0.3 is 0 Å². The lowest BCUT2D eigenvalue weighted by Gasteiger charge is -2.27. The van der Waals surface area contributed by atoms with Gasteiger partial charge in [0.2, 0.25) is 0 Å². The molecule has 7 aliphatic rings. The second-order valence-electron chi connectivity index (χ2n) is 23.5. The van der Waals surface area contributed by atoms with Gasteiger partial charge in [0.15, 0.2) is 0 Å². The van der Waals surface area contributed by atoms with Crippen LogP contribution in [0.3, 0.4) is 0 Å². The van der Waals surface area contributed by atoms with Crippen LogP contribution in [0.2, 0.25) is 0 Å². The first-order valence-electron chi connectivity index (χ1n) is 31.1. The molecule has 1 aliphatic carbocycles. The molecular weight excluding hydrogens is 971 g/mol. The minimum absolute atomic E-state index is 0.426. The number of carbonyl (C=O) groups is 1. The van der Waals surface area contributed by atoms with Crippen molar-refractivity contribution in [1.82, 2.24) is 24.5 Å². The van der Waals surface area contributed by atoms with E-state index in [-0.39, 0.29) is 0 Å². The standard InChI is InChI=1S/2C21H33N3O.C20H29NO2.C4H8O/c2*1-23(2)19-9-12-21(22-17-19)18-7-10-20(11-8-18)25-16-6-15-24-13-4-3-5-14-24;22-19-9-5-17(6-10-19)18-7-11-20(12-8-18)23-16-4-15-21-13-2-1-3-14-21;1-2-4-5-3-1/h2*7-8,10-11,19H,3-6,9,12-17H2,1-2H3;7-8,11-12,17H,1-6,9-10,13-16H2;1-4H2/t2*19-;;/m10../s1. The number of hydrogen-bond acceptors (Lipinski definition) is 12. The largest absolute Gasteiger partial charge is 0.494 e. The molecule has 0 spiro atoms. The van der Waals surface area contributed by atoms with E-state index in [1.54, 1.807) is 0 Å². The van der Waals surface area contributed by atoms with E-state index in [2.05, 4.69) is 125 Å². The van der Waals surface area contributed by atoms with E-state index in [1.165, 1.54) is 164 Å². The Kier molecular flexibility index (Phi) is 28.0. The van der Waals surface area contributed by atoms with Crippen molar-refractivity contribution in [1.29, 1.82) is 0 Å². The van der Waals surface area contributed by atoms with Crippen LogP contribution in [0.4, 0.5) is 0 Å². The van der Waals surface area contributed by atoms with E-state index in [0.717, 1.165) is 128 Å². The Balaban J connectivity index is 0.000000162. The first kappa shape index (κ1) is 61.4. The van der Waals surface area contributed by atoms with Gasteiger partial charge < -0.3 is 43.4 Å². The molecule has 6 aliphatic heterocycles. The van der Waals surface area contributed by atoms with Crippen LogP contribution in [0.5, 0.6) is 17.2 Å². The summed E-state index contributed by atoms with van der Waals surface area (Å²) >= 11 is 0. The number of aliphatic imine (C=N–C) groups is 2. The van der Waals surface area contributed by atoms with Gasteiger partial charge in [-0.2, -0.15) is 0 Å². The summed E-state index contributed by atoms with van der Waals surface area (Å²) in [4.78, 5) is 33.2. The summed E-state index contributed by atoms with van der Waals surface area (Å²) in [6.07, 6.45) is 26.3. The fraction of sp³-hybridized carbons (Fsp3) is 0.682. The van der Waals surface area contributed by atoms with Gasteiger partial charge in [0.25, 0.3) is 0 Å². The highest BCUT2D eigenvalue weighted by Crippen LogP contribution is 2.32. The number of ether oxygens (including phenoxy) is 4. The lowest BCUT2D eigenvalue weighted by atomic mass is 9.83. The molecule has 432 valence electrons. The van der Waals surface area contributed by atoms with E-state index < -0.39 is 0 Å². The van der Waals surface area contributed by atoms with Gasteiger partial charge in [-0.05, 0) is 260 Å². The molecule has 0 N–H and O–H groups in total. The summed E-state index contributed by atoms with van der Waals surface area (Å²) in [5.74, 6) is 3.91. The quantitative estimate of drug-likeness (QED) is 0.102. The zero-order valence-corrected chi connectivity index (χ0v) is 49.2. The Morgan fingerprint density at radius 2 is 0.821 bits per heavy atom.